The van der Waals surface area contributed by atoms with Crippen molar-refractivity contribution in [1.82, 2.24) is 0 Å². The number of rotatable bonds is 5. The van der Waals surface area contributed by atoms with E-state index in [0.29, 0.717) is 21.8 Å². The first-order chi connectivity index (χ1) is 14.5. The van der Waals surface area contributed by atoms with Crippen molar-refractivity contribution in [3.63, 3.8) is 0 Å². The molecule has 0 amide bonds. The second-order valence-corrected chi connectivity index (χ2v) is 7.63. The Morgan fingerprint density at radius 3 is 2.47 bits per heavy atom. The van der Waals surface area contributed by atoms with E-state index in [0.717, 1.165) is 28.0 Å². The number of hydrogen-bond acceptors (Lipinski definition) is 4. The maximum absolute atomic E-state index is 13.4. The van der Waals surface area contributed by atoms with Crippen LogP contribution in [0.5, 0.6) is 11.5 Å². The second-order valence-electron chi connectivity index (χ2n) is 7.19. The summed E-state index contributed by atoms with van der Waals surface area (Å²) in [5.41, 5.74) is 3.82. The van der Waals surface area contributed by atoms with Crippen LogP contribution in [0.15, 0.2) is 69.9 Å². The molecule has 0 atom stereocenters. The van der Waals surface area contributed by atoms with Crippen molar-refractivity contribution < 1.29 is 13.9 Å². The van der Waals surface area contributed by atoms with E-state index in [4.69, 9.17) is 25.5 Å². The van der Waals surface area contributed by atoms with Crippen molar-refractivity contribution in [1.29, 1.82) is 0 Å². The summed E-state index contributed by atoms with van der Waals surface area (Å²) in [6.45, 7) is 4.08. The Balaban J connectivity index is 1.88. The molecule has 0 fully saturated rings. The SMILES string of the molecule is COc1ccc(-c2oc3cc(C)cc(C)c3c(=O)c2OCc2cccc(Cl)c2)cc1. The summed E-state index contributed by atoms with van der Waals surface area (Å²) in [6.07, 6.45) is 0. The largest absolute Gasteiger partial charge is 0.497 e. The molecular weight excluding hydrogens is 400 g/mol. The summed E-state index contributed by atoms with van der Waals surface area (Å²) >= 11 is 6.08. The van der Waals surface area contributed by atoms with Gasteiger partial charge >= 0.3 is 0 Å². The molecule has 0 N–H and O–H groups in total. The zero-order valence-electron chi connectivity index (χ0n) is 17.0. The number of fused-ring (bicyclic) bond motifs is 1. The van der Waals surface area contributed by atoms with Crippen molar-refractivity contribution in [3.05, 3.63) is 92.6 Å². The first-order valence-corrected chi connectivity index (χ1v) is 9.94. The van der Waals surface area contributed by atoms with Gasteiger partial charge in [-0.15, -0.1) is 0 Å². The molecule has 0 bridgehead atoms. The molecule has 0 aliphatic rings. The van der Waals surface area contributed by atoms with Crippen LogP contribution in [0.2, 0.25) is 5.02 Å². The Morgan fingerprint density at radius 2 is 1.77 bits per heavy atom. The highest BCUT2D eigenvalue weighted by molar-refractivity contribution is 6.30. The van der Waals surface area contributed by atoms with E-state index in [2.05, 4.69) is 0 Å². The molecule has 0 aliphatic carbocycles. The topological polar surface area (TPSA) is 48.7 Å². The molecule has 0 saturated heterocycles. The van der Waals surface area contributed by atoms with Gasteiger partial charge < -0.3 is 13.9 Å². The van der Waals surface area contributed by atoms with Gasteiger partial charge in [-0.2, -0.15) is 0 Å². The Hall–Kier alpha value is -3.24. The van der Waals surface area contributed by atoms with Crippen LogP contribution >= 0.6 is 11.6 Å². The molecule has 4 aromatic rings. The van der Waals surface area contributed by atoms with Crippen LogP contribution in [-0.4, -0.2) is 7.11 Å². The number of hydrogen-bond donors (Lipinski definition) is 0. The van der Waals surface area contributed by atoms with Gasteiger partial charge in [0.05, 0.1) is 12.5 Å². The molecule has 0 spiro atoms. The predicted molar refractivity (Wildman–Crippen MR) is 120 cm³/mol. The molecule has 0 saturated carbocycles. The van der Waals surface area contributed by atoms with Crippen LogP contribution in [-0.2, 0) is 6.61 Å². The highest BCUT2D eigenvalue weighted by atomic mass is 35.5. The molecule has 1 heterocycles. The standard InChI is InChI=1S/C25H21ClO4/c1-15-11-16(2)22-21(12-15)30-24(18-7-9-20(28-3)10-8-18)25(23(22)27)29-14-17-5-4-6-19(26)13-17/h4-13H,14H2,1-3H3. The first kappa shape index (κ1) is 20.0. The minimum atomic E-state index is -0.193. The lowest BCUT2D eigenvalue weighted by Crippen LogP contribution is -2.11. The molecule has 4 rings (SSSR count). The van der Waals surface area contributed by atoms with Gasteiger partial charge in [-0.3, -0.25) is 4.79 Å². The van der Waals surface area contributed by atoms with Gasteiger partial charge in [0.15, 0.2) is 5.76 Å². The van der Waals surface area contributed by atoms with E-state index in [1.54, 1.807) is 13.2 Å². The third-order valence-corrected chi connectivity index (χ3v) is 5.15. The summed E-state index contributed by atoms with van der Waals surface area (Å²) in [7, 11) is 1.61. The van der Waals surface area contributed by atoms with Gasteiger partial charge in [0, 0.05) is 10.6 Å². The van der Waals surface area contributed by atoms with Crippen LogP contribution in [0.1, 0.15) is 16.7 Å². The quantitative estimate of drug-likeness (QED) is 0.379. The van der Waals surface area contributed by atoms with Gasteiger partial charge in [0.1, 0.15) is 17.9 Å². The minimum Gasteiger partial charge on any atom is -0.497 e. The van der Waals surface area contributed by atoms with E-state index in [1.165, 1.54) is 0 Å². The highest BCUT2D eigenvalue weighted by Crippen LogP contribution is 2.33. The van der Waals surface area contributed by atoms with Crippen molar-refractivity contribution in [2.75, 3.05) is 7.11 Å². The van der Waals surface area contributed by atoms with Gasteiger partial charge in [-0.25, -0.2) is 0 Å². The third kappa shape index (κ3) is 3.91. The minimum absolute atomic E-state index is 0.180. The van der Waals surface area contributed by atoms with E-state index in [1.807, 2.05) is 68.4 Å². The van der Waals surface area contributed by atoms with Crippen molar-refractivity contribution in [2.45, 2.75) is 20.5 Å². The van der Waals surface area contributed by atoms with Crippen LogP contribution < -0.4 is 14.9 Å². The maximum atomic E-state index is 13.4. The lowest BCUT2D eigenvalue weighted by molar-refractivity contribution is 0.298. The van der Waals surface area contributed by atoms with Gasteiger partial charge in [-0.1, -0.05) is 29.8 Å². The fraction of sp³-hybridized carbons (Fsp3) is 0.160. The van der Waals surface area contributed by atoms with Crippen LogP contribution in [0.25, 0.3) is 22.3 Å². The number of methoxy groups -OCH3 is 1. The van der Waals surface area contributed by atoms with Gasteiger partial charge in [-0.05, 0) is 73.0 Å². The summed E-state index contributed by atoms with van der Waals surface area (Å²) < 4.78 is 17.5. The Labute approximate surface area is 179 Å². The zero-order valence-corrected chi connectivity index (χ0v) is 17.7. The second kappa shape index (κ2) is 8.25. The van der Waals surface area contributed by atoms with E-state index in [-0.39, 0.29) is 17.8 Å². The van der Waals surface area contributed by atoms with Crippen LogP contribution in [0.3, 0.4) is 0 Å². The van der Waals surface area contributed by atoms with Gasteiger partial charge in [0.25, 0.3) is 0 Å². The third-order valence-electron chi connectivity index (χ3n) is 4.92. The van der Waals surface area contributed by atoms with Crippen molar-refractivity contribution in [2.24, 2.45) is 0 Å². The number of ether oxygens (including phenoxy) is 2. The van der Waals surface area contributed by atoms with Crippen LogP contribution in [0, 0.1) is 13.8 Å². The highest BCUT2D eigenvalue weighted by Gasteiger charge is 2.19. The molecule has 5 heteroatoms. The molecule has 152 valence electrons. The van der Waals surface area contributed by atoms with E-state index < -0.39 is 0 Å². The molecular formula is C25H21ClO4. The molecule has 3 aromatic carbocycles. The normalized spacial score (nSPS) is 10.9. The Bertz CT molecular complexity index is 1270. The number of benzene rings is 3. The summed E-state index contributed by atoms with van der Waals surface area (Å²) in [4.78, 5) is 13.4. The van der Waals surface area contributed by atoms with E-state index >= 15 is 0 Å². The first-order valence-electron chi connectivity index (χ1n) is 9.56. The zero-order chi connectivity index (χ0) is 21.3. The molecule has 0 unspecified atom stereocenters. The molecule has 0 aliphatic heterocycles. The van der Waals surface area contributed by atoms with Crippen molar-refractivity contribution in [3.8, 4) is 22.8 Å². The van der Waals surface area contributed by atoms with Crippen molar-refractivity contribution >= 4 is 22.6 Å². The molecule has 1 aromatic heterocycles. The lowest BCUT2D eigenvalue weighted by atomic mass is 10.0. The summed E-state index contributed by atoms with van der Waals surface area (Å²) in [5.74, 6) is 1.29. The monoisotopic (exact) mass is 420 g/mol. The van der Waals surface area contributed by atoms with Gasteiger partial charge in [0.2, 0.25) is 11.2 Å². The molecule has 0 radical (unpaired) electrons. The number of aryl methyl sites for hydroxylation is 2. The fourth-order valence-corrected chi connectivity index (χ4v) is 3.73. The average Bonchev–Trinajstić information content (AvgIpc) is 2.72. The van der Waals surface area contributed by atoms with Crippen LogP contribution in [0.4, 0.5) is 0 Å². The summed E-state index contributed by atoms with van der Waals surface area (Å²) in [5, 5.41) is 1.14. The number of halogens is 1. The maximum Gasteiger partial charge on any atom is 0.235 e. The fourth-order valence-electron chi connectivity index (χ4n) is 3.52. The molecule has 4 nitrogen and oxygen atoms in total. The predicted octanol–water partition coefficient (Wildman–Crippen LogP) is 6.32. The smallest absolute Gasteiger partial charge is 0.235 e. The molecule has 30 heavy (non-hydrogen) atoms. The Kier molecular flexibility index (Phi) is 5.51. The lowest BCUT2D eigenvalue weighted by Gasteiger charge is -2.13. The van der Waals surface area contributed by atoms with E-state index in [9.17, 15) is 4.79 Å². The Morgan fingerprint density at radius 1 is 1.00 bits per heavy atom. The summed E-state index contributed by atoms with van der Waals surface area (Å²) in [6, 6.07) is 18.5. The average molecular weight is 421 g/mol.